The van der Waals surface area contributed by atoms with Gasteiger partial charge in [0.1, 0.15) is 0 Å². The Hall–Kier alpha value is -1.65. The maximum Gasteiger partial charge on any atom is 0.330 e. The highest BCUT2D eigenvalue weighted by Crippen LogP contribution is 2.12. The molecule has 0 unspecified atom stereocenters. The molecular weight excluding hydrogens is 222 g/mol. The highest BCUT2D eigenvalue weighted by Gasteiger charge is 2.27. The molecule has 0 aromatic rings. The van der Waals surface area contributed by atoms with E-state index >= 15 is 0 Å². The number of carbonyl (C=O) groups is 3. The van der Waals surface area contributed by atoms with Gasteiger partial charge in [0, 0.05) is 25.5 Å². The fourth-order valence-electron chi connectivity index (χ4n) is 1.61. The highest BCUT2D eigenvalue weighted by atomic mass is 16.5. The zero-order chi connectivity index (χ0) is 12.7. The van der Waals surface area contributed by atoms with E-state index in [1.807, 2.05) is 0 Å². The van der Waals surface area contributed by atoms with Gasteiger partial charge in [-0.05, 0) is 19.8 Å². The first-order valence-electron chi connectivity index (χ1n) is 5.81. The van der Waals surface area contributed by atoms with E-state index in [9.17, 15) is 14.4 Å². The molecule has 0 atom stereocenters. The lowest BCUT2D eigenvalue weighted by Gasteiger charge is -2.12. The van der Waals surface area contributed by atoms with Crippen LogP contribution in [-0.2, 0) is 19.1 Å². The first kappa shape index (κ1) is 13.4. The molecule has 1 aliphatic heterocycles. The third kappa shape index (κ3) is 4.38. The molecule has 1 aliphatic rings. The van der Waals surface area contributed by atoms with Crippen LogP contribution in [0.1, 0.15) is 32.6 Å². The van der Waals surface area contributed by atoms with Crippen LogP contribution in [0.3, 0.4) is 0 Å². The summed E-state index contributed by atoms with van der Waals surface area (Å²) in [5.74, 6) is -0.547. The first-order chi connectivity index (χ1) is 8.15. The second kappa shape index (κ2) is 6.83. The minimum Gasteiger partial charge on any atom is -0.463 e. The average molecular weight is 239 g/mol. The summed E-state index contributed by atoms with van der Waals surface area (Å²) in [5, 5.41) is 0. The number of esters is 1. The molecule has 0 spiro atoms. The average Bonchev–Trinajstić information content (AvgIpc) is 2.60. The van der Waals surface area contributed by atoms with Crippen molar-refractivity contribution in [3.05, 3.63) is 12.2 Å². The number of carbonyl (C=O) groups excluding carboxylic acids is 3. The number of hydrogen-bond donors (Lipinski definition) is 0. The predicted octanol–water partition coefficient (Wildman–Crippen LogP) is 1.03. The van der Waals surface area contributed by atoms with Crippen LogP contribution in [0.4, 0.5) is 0 Å². The molecule has 0 radical (unpaired) electrons. The van der Waals surface area contributed by atoms with Gasteiger partial charge in [-0.25, -0.2) is 4.79 Å². The van der Waals surface area contributed by atoms with Gasteiger partial charge < -0.3 is 4.74 Å². The third-order valence-electron chi connectivity index (χ3n) is 2.45. The summed E-state index contributed by atoms with van der Waals surface area (Å²) in [7, 11) is 0. The Kier molecular flexibility index (Phi) is 5.39. The van der Waals surface area contributed by atoms with Crippen LogP contribution in [0, 0.1) is 0 Å². The van der Waals surface area contributed by atoms with Gasteiger partial charge >= 0.3 is 5.97 Å². The minimum absolute atomic E-state index is 0.0932. The van der Waals surface area contributed by atoms with Crippen LogP contribution in [0.2, 0.25) is 0 Å². The number of rotatable bonds is 6. The van der Waals surface area contributed by atoms with Gasteiger partial charge in [-0.2, -0.15) is 0 Å². The van der Waals surface area contributed by atoms with E-state index in [0.29, 0.717) is 38.8 Å². The molecule has 1 saturated heterocycles. The number of unbranched alkanes of at least 4 members (excludes halogenated alkanes) is 1. The van der Waals surface area contributed by atoms with Crippen LogP contribution in [0.25, 0.3) is 0 Å². The summed E-state index contributed by atoms with van der Waals surface area (Å²) < 4.78 is 4.71. The molecule has 94 valence electrons. The molecule has 1 rings (SSSR count). The minimum atomic E-state index is -0.360. The SMILES string of the molecule is CCOC(=O)/C=C/CCCN1C(=O)CCC1=O. The molecule has 5 heteroatoms. The molecule has 0 aliphatic carbocycles. The van der Waals surface area contributed by atoms with Crippen molar-refractivity contribution in [1.82, 2.24) is 4.90 Å². The first-order valence-corrected chi connectivity index (χ1v) is 5.81. The molecule has 0 bridgehead atoms. The topological polar surface area (TPSA) is 63.7 Å². The van der Waals surface area contributed by atoms with Gasteiger partial charge in [0.05, 0.1) is 6.61 Å². The highest BCUT2D eigenvalue weighted by molar-refractivity contribution is 6.01. The van der Waals surface area contributed by atoms with Crippen molar-refractivity contribution < 1.29 is 19.1 Å². The molecule has 17 heavy (non-hydrogen) atoms. The summed E-state index contributed by atoms with van der Waals surface area (Å²) in [5.41, 5.74) is 0. The lowest BCUT2D eigenvalue weighted by Crippen LogP contribution is -2.29. The number of amides is 2. The number of ether oxygens (including phenoxy) is 1. The smallest absolute Gasteiger partial charge is 0.330 e. The fourth-order valence-corrected chi connectivity index (χ4v) is 1.61. The zero-order valence-electron chi connectivity index (χ0n) is 9.98. The molecule has 1 heterocycles. The molecule has 0 aromatic heterocycles. The van der Waals surface area contributed by atoms with Crippen molar-refractivity contribution in [1.29, 1.82) is 0 Å². The van der Waals surface area contributed by atoms with Gasteiger partial charge in [-0.3, -0.25) is 14.5 Å². The van der Waals surface area contributed by atoms with E-state index in [-0.39, 0.29) is 17.8 Å². The van der Waals surface area contributed by atoms with Crippen molar-refractivity contribution in [2.75, 3.05) is 13.2 Å². The molecule has 0 saturated carbocycles. The second-order valence-corrected chi connectivity index (χ2v) is 3.74. The van der Waals surface area contributed by atoms with Crippen molar-refractivity contribution in [2.45, 2.75) is 32.6 Å². The van der Waals surface area contributed by atoms with Crippen molar-refractivity contribution in [3.8, 4) is 0 Å². The van der Waals surface area contributed by atoms with Gasteiger partial charge in [0.25, 0.3) is 0 Å². The van der Waals surface area contributed by atoms with Crippen LogP contribution < -0.4 is 0 Å². The van der Waals surface area contributed by atoms with Gasteiger partial charge in [-0.15, -0.1) is 0 Å². The summed E-state index contributed by atoms with van der Waals surface area (Å²) in [4.78, 5) is 34.7. The lowest BCUT2D eigenvalue weighted by atomic mass is 10.2. The third-order valence-corrected chi connectivity index (χ3v) is 2.45. The summed E-state index contributed by atoms with van der Waals surface area (Å²) in [6, 6.07) is 0. The van der Waals surface area contributed by atoms with Crippen LogP contribution in [-0.4, -0.2) is 35.8 Å². The molecule has 2 amide bonds. The maximum absolute atomic E-state index is 11.3. The predicted molar refractivity (Wildman–Crippen MR) is 61.0 cm³/mol. The zero-order valence-corrected chi connectivity index (χ0v) is 9.98. The standard InChI is InChI=1S/C12H17NO4/c1-2-17-12(16)6-4-3-5-9-13-10(14)7-8-11(13)15/h4,6H,2-3,5,7-9H2,1H3/b6-4+. The Morgan fingerprint density at radius 3 is 2.59 bits per heavy atom. The Labute approximate surface area is 100 Å². The van der Waals surface area contributed by atoms with E-state index in [1.165, 1.54) is 11.0 Å². The van der Waals surface area contributed by atoms with Crippen LogP contribution >= 0.6 is 0 Å². The largest absolute Gasteiger partial charge is 0.463 e. The summed E-state index contributed by atoms with van der Waals surface area (Å²) in [6.45, 7) is 2.54. The number of nitrogens with zero attached hydrogens (tertiary/aromatic N) is 1. The Morgan fingerprint density at radius 2 is 2.00 bits per heavy atom. The molecule has 0 N–H and O–H groups in total. The van der Waals surface area contributed by atoms with Gasteiger partial charge in [-0.1, -0.05) is 6.08 Å². The van der Waals surface area contributed by atoms with E-state index < -0.39 is 0 Å². The summed E-state index contributed by atoms with van der Waals surface area (Å²) >= 11 is 0. The quantitative estimate of drug-likeness (QED) is 0.300. The Morgan fingerprint density at radius 1 is 1.35 bits per heavy atom. The molecular formula is C12H17NO4. The molecule has 5 nitrogen and oxygen atoms in total. The monoisotopic (exact) mass is 239 g/mol. The fraction of sp³-hybridized carbons (Fsp3) is 0.583. The van der Waals surface area contributed by atoms with Gasteiger partial charge in [0.2, 0.25) is 11.8 Å². The number of allylic oxidation sites excluding steroid dienone is 1. The van der Waals surface area contributed by atoms with Crippen molar-refractivity contribution >= 4 is 17.8 Å². The van der Waals surface area contributed by atoms with E-state index in [1.54, 1.807) is 13.0 Å². The maximum atomic E-state index is 11.3. The number of hydrogen-bond acceptors (Lipinski definition) is 4. The van der Waals surface area contributed by atoms with E-state index in [2.05, 4.69) is 0 Å². The number of likely N-dealkylation sites (tertiary alicyclic amines) is 1. The second-order valence-electron chi connectivity index (χ2n) is 3.74. The number of imide groups is 1. The molecule has 0 aromatic carbocycles. The van der Waals surface area contributed by atoms with Crippen molar-refractivity contribution in [2.24, 2.45) is 0 Å². The van der Waals surface area contributed by atoms with Crippen molar-refractivity contribution in [3.63, 3.8) is 0 Å². The van der Waals surface area contributed by atoms with E-state index in [0.717, 1.165) is 0 Å². The Bertz CT molecular complexity index is 319. The van der Waals surface area contributed by atoms with E-state index in [4.69, 9.17) is 4.74 Å². The van der Waals surface area contributed by atoms with Gasteiger partial charge in [0.15, 0.2) is 0 Å². The normalized spacial score (nSPS) is 15.9. The Balaban J connectivity index is 2.18. The van der Waals surface area contributed by atoms with Crippen LogP contribution in [0.5, 0.6) is 0 Å². The lowest BCUT2D eigenvalue weighted by molar-refractivity contribution is -0.139. The van der Waals surface area contributed by atoms with Crippen LogP contribution in [0.15, 0.2) is 12.2 Å². The molecule has 1 fully saturated rings. The summed E-state index contributed by atoms with van der Waals surface area (Å²) in [6.07, 6.45) is 5.05.